The van der Waals surface area contributed by atoms with E-state index in [0.29, 0.717) is 37.7 Å². The van der Waals surface area contributed by atoms with Gasteiger partial charge in [0.15, 0.2) is 5.54 Å². The third-order valence-electron chi connectivity index (χ3n) is 4.58. The van der Waals surface area contributed by atoms with Crippen molar-refractivity contribution in [2.24, 2.45) is 0 Å². The average molecular weight is 330 g/mol. The topological polar surface area (TPSA) is 110 Å². The van der Waals surface area contributed by atoms with Crippen LogP contribution in [0.15, 0.2) is 24.5 Å². The van der Waals surface area contributed by atoms with E-state index < -0.39 is 11.5 Å². The van der Waals surface area contributed by atoms with Gasteiger partial charge < -0.3 is 15.7 Å². The molecule has 2 aromatic rings. The molecular weight excluding hydrogens is 308 g/mol. The fourth-order valence-electron chi connectivity index (χ4n) is 3.02. The van der Waals surface area contributed by atoms with Gasteiger partial charge in [-0.15, -0.1) is 0 Å². The molecule has 0 radical (unpaired) electrons. The van der Waals surface area contributed by atoms with Gasteiger partial charge in [-0.1, -0.05) is 13.8 Å². The fraction of sp³-hybridized carbons (Fsp3) is 0.500. The lowest BCUT2D eigenvalue weighted by atomic mass is 9.88. The quantitative estimate of drug-likeness (QED) is 0.873. The number of hydrogen-bond acceptors (Lipinski definition) is 6. The van der Waals surface area contributed by atoms with Crippen molar-refractivity contribution in [2.75, 3.05) is 23.7 Å². The number of carboxylic acids is 1. The summed E-state index contributed by atoms with van der Waals surface area (Å²) in [6.07, 6.45) is 4.24. The highest BCUT2D eigenvalue weighted by molar-refractivity contribution is 5.77. The monoisotopic (exact) mass is 330 g/mol. The van der Waals surface area contributed by atoms with Crippen molar-refractivity contribution in [2.45, 2.75) is 38.1 Å². The summed E-state index contributed by atoms with van der Waals surface area (Å²) >= 11 is 0. The van der Waals surface area contributed by atoms with E-state index in [1.807, 2.05) is 24.8 Å². The number of nitrogens with zero attached hydrogens (tertiary/aromatic N) is 5. The first-order valence-electron chi connectivity index (χ1n) is 8.05. The predicted octanol–water partition coefficient (Wildman–Crippen LogP) is 1.46. The van der Waals surface area contributed by atoms with E-state index in [1.54, 1.807) is 23.1 Å². The molecule has 1 aliphatic rings. The maximum Gasteiger partial charge on any atom is 0.331 e. The molecule has 0 spiro atoms. The molecule has 24 heavy (non-hydrogen) atoms. The minimum absolute atomic E-state index is 0.262. The van der Waals surface area contributed by atoms with Crippen molar-refractivity contribution >= 4 is 17.7 Å². The summed E-state index contributed by atoms with van der Waals surface area (Å²) in [5.74, 6) is 0.355. The maximum absolute atomic E-state index is 12.0. The molecule has 0 atom stereocenters. The molecule has 1 aliphatic heterocycles. The number of rotatable bonds is 4. The molecule has 0 aliphatic carbocycles. The highest BCUT2D eigenvalue weighted by Crippen LogP contribution is 2.32. The molecule has 1 saturated heterocycles. The molecule has 3 rings (SSSR count). The number of aromatic nitrogens is 4. The molecule has 8 nitrogen and oxygen atoms in total. The SMILES string of the molecule is CC(C)c1ccn(C2(C(=O)O)CCN(c3nccc(N)n3)CC2)n1. The number of nitrogens with two attached hydrogens (primary N) is 1. The van der Waals surface area contributed by atoms with Gasteiger partial charge in [-0.25, -0.2) is 9.78 Å². The summed E-state index contributed by atoms with van der Waals surface area (Å²) in [6, 6.07) is 3.52. The molecule has 3 N–H and O–H groups in total. The van der Waals surface area contributed by atoms with Crippen LogP contribution in [0.3, 0.4) is 0 Å². The molecule has 2 aromatic heterocycles. The molecule has 128 valence electrons. The molecule has 0 aromatic carbocycles. The molecule has 3 heterocycles. The Balaban J connectivity index is 1.83. The van der Waals surface area contributed by atoms with E-state index in [-0.39, 0.29) is 5.92 Å². The summed E-state index contributed by atoms with van der Waals surface area (Å²) < 4.78 is 1.61. The Morgan fingerprint density at radius 3 is 2.58 bits per heavy atom. The van der Waals surface area contributed by atoms with Crippen LogP contribution in [0.4, 0.5) is 11.8 Å². The normalized spacial score (nSPS) is 17.2. The Labute approximate surface area is 140 Å². The number of carboxylic acid groups (broad SMARTS) is 1. The van der Waals surface area contributed by atoms with Gasteiger partial charge >= 0.3 is 5.97 Å². The van der Waals surface area contributed by atoms with Crippen molar-refractivity contribution in [1.29, 1.82) is 0 Å². The van der Waals surface area contributed by atoms with Crippen LogP contribution in [0.25, 0.3) is 0 Å². The number of piperidine rings is 1. The third-order valence-corrected chi connectivity index (χ3v) is 4.58. The largest absolute Gasteiger partial charge is 0.479 e. The lowest BCUT2D eigenvalue weighted by Crippen LogP contribution is -2.51. The Hall–Kier alpha value is -2.64. The Morgan fingerprint density at radius 1 is 1.33 bits per heavy atom. The average Bonchev–Trinajstić information content (AvgIpc) is 3.05. The van der Waals surface area contributed by atoms with Gasteiger partial charge in [0.1, 0.15) is 5.82 Å². The summed E-state index contributed by atoms with van der Waals surface area (Å²) in [6.45, 7) is 5.15. The molecular formula is C16H22N6O2. The lowest BCUT2D eigenvalue weighted by molar-refractivity contribution is -0.149. The predicted molar refractivity (Wildman–Crippen MR) is 89.8 cm³/mol. The number of hydrogen-bond donors (Lipinski definition) is 2. The zero-order chi connectivity index (χ0) is 17.3. The Morgan fingerprint density at radius 2 is 2.04 bits per heavy atom. The zero-order valence-corrected chi connectivity index (χ0v) is 13.9. The van der Waals surface area contributed by atoms with Gasteiger partial charge in [-0.2, -0.15) is 10.1 Å². The van der Waals surface area contributed by atoms with Crippen LogP contribution in [-0.2, 0) is 10.3 Å². The first kappa shape index (κ1) is 16.2. The van der Waals surface area contributed by atoms with Gasteiger partial charge in [0.05, 0.1) is 5.69 Å². The Bertz CT molecular complexity index is 734. The van der Waals surface area contributed by atoms with Crippen LogP contribution in [0.2, 0.25) is 0 Å². The highest BCUT2D eigenvalue weighted by Gasteiger charge is 2.44. The van der Waals surface area contributed by atoms with Crippen molar-refractivity contribution in [3.63, 3.8) is 0 Å². The third kappa shape index (κ3) is 2.79. The number of aliphatic carboxylic acids is 1. The standard InChI is InChI=1S/C16H22N6O2/c1-11(2)12-4-8-22(20-12)16(14(23)24)5-9-21(10-6-16)15-18-7-3-13(17)19-15/h3-4,7-8,11H,5-6,9-10H2,1-2H3,(H,23,24)(H2,17,18,19). The van der Waals surface area contributed by atoms with Crippen LogP contribution < -0.4 is 10.6 Å². The van der Waals surface area contributed by atoms with Crippen LogP contribution in [0.1, 0.15) is 38.3 Å². The van der Waals surface area contributed by atoms with Gasteiger partial charge in [-0.05, 0) is 18.1 Å². The van der Waals surface area contributed by atoms with Gasteiger partial charge in [0, 0.05) is 38.3 Å². The second-order valence-electron chi connectivity index (χ2n) is 6.45. The van der Waals surface area contributed by atoms with E-state index in [2.05, 4.69) is 15.1 Å². The summed E-state index contributed by atoms with van der Waals surface area (Å²) in [5.41, 5.74) is 5.58. The van der Waals surface area contributed by atoms with Crippen molar-refractivity contribution in [3.8, 4) is 0 Å². The first-order chi connectivity index (χ1) is 11.4. The van der Waals surface area contributed by atoms with Crippen LogP contribution in [0.5, 0.6) is 0 Å². The number of carbonyl (C=O) groups is 1. The van der Waals surface area contributed by atoms with E-state index in [9.17, 15) is 9.90 Å². The van der Waals surface area contributed by atoms with Crippen LogP contribution >= 0.6 is 0 Å². The van der Waals surface area contributed by atoms with E-state index in [4.69, 9.17) is 5.73 Å². The fourth-order valence-corrected chi connectivity index (χ4v) is 3.02. The highest BCUT2D eigenvalue weighted by atomic mass is 16.4. The lowest BCUT2D eigenvalue weighted by Gasteiger charge is -2.38. The van der Waals surface area contributed by atoms with E-state index >= 15 is 0 Å². The second kappa shape index (κ2) is 6.10. The molecule has 1 fully saturated rings. The minimum atomic E-state index is -1.02. The van der Waals surface area contributed by atoms with Gasteiger partial charge in [-0.3, -0.25) is 4.68 Å². The molecule has 8 heteroatoms. The molecule has 0 unspecified atom stereocenters. The minimum Gasteiger partial charge on any atom is -0.479 e. The first-order valence-corrected chi connectivity index (χ1v) is 8.05. The number of anilines is 2. The van der Waals surface area contributed by atoms with Gasteiger partial charge in [0.2, 0.25) is 5.95 Å². The number of nitrogen functional groups attached to an aromatic ring is 1. The van der Waals surface area contributed by atoms with Crippen molar-refractivity contribution < 1.29 is 9.90 Å². The smallest absolute Gasteiger partial charge is 0.331 e. The molecule has 0 saturated carbocycles. The summed E-state index contributed by atoms with van der Waals surface area (Å²) in [7, 11) is 0. The zero-order valence-electron chi connectivity index (χ0n) is 13.9. The van der Waals surface area contributed by atoms with Crippen LogP contribution in [-0.4, -0.2) is 43.9 Å². The van der Waals surface area contributed by atoms with Crippen molar-refractivity contribution in [3.05, 3.63) is 30.2 Å². The summed E-state index contributed by atoms with van der Waals surface area (Å²) in [4.78, 5) is 22.4. The Kier molecular flexibility index (Phi) is 4.13. The molecule has 0 amide bonds. The summed E-state index contributed by atoms with van der Waals surface area (Å²) in [5, 5.41) is 14.4. The van der Waals surface area contributed by atoms with E-state index in [1.165, 1.54) is 0 Å². The molecule has 0 bridgehead atoms. The maximum atomic E-state index is 12.0. The van der Waals surface area contributed by atoms with Crippen LogP contribution in [0, 0.1) is 0 Å². The van der Waals surface area contributed by atoms with E-state index in [0.717, 1.165) is 5.69 Å². The van der Waals surface area contributed by atoms with Gasteiger partial charge in [0.25, 0.3) is 0 Å². The second-order valence-corrected chi connectivity index (χ2v) is 6.45. The van der Waals surface area contributed by atoms with Crippen molar-refractivity contribution in [1.82, 2.24) is 19.7 Å².